The van der Waals surface area contributed by atoms with E-state index in [0.717, 1.165) is 43.4 Å². The van der Waals surface area contributed by atoms with E-state index in [2.05, 4.69) is 21.2 Å². The van der Waals surface area contributed by atoms with Crippen LogP contribution in [-0.2, 0) is 6.42 Å². The summed E-state index contributed by atoms with van der Waals surface area (Å²) in [4.78, 5) is 17.1. The van der Waals surface area contributed by atoms with Crippen LogP contribution >= 0.6 is 11.6 Å². The van der Waals surface area contributed by atoms with Gasteiger partial charge >= 0.3 is 6.03 Å². The SMILES string of the molecule is COc1ccc(Cl)c(CC2CCN(CC3CN(C4CCCCC4)C(=O)N3)CC2)c1. The Hall–Kier alpha value is -1.46. The van der Waals surface area contributed by atoms with Crippen LogP contribution in [0, 0.1) is 5.92 Å². The number of methoxy groups -OCH3 is 1. The second kappa shape index (κ2) is 9.57. The van der Waals surface area contributed by atoms with Crippen molar-refractivity contribution in [3.8, 4) is 5.75 Å². The number of amides is 2. The zero-order valence-electron chi connectivity index (χ0n) is 17.5. The zero-order valence-corrected chi connectivity index (χ0v) is 18.3. The third-order valence-electron chi connectivity index (χ3n) is 6.97. The number of piperidine rings is 1. The number of carbonyl (C=O) groups is 1. The minimum absolute atomic E-state index is 0.157. The number of urea groups is 1. The van der Waals surface area contributed by atoms with Crippen LogP contribution in [0.5, 0.6) is 5.75 Å². The smallest absolute Gasteiger partial charge is 0.318 e. The summed E-state index contributed by atoms with van der Waals surface area (Å²) in [7, 11) is 1.70. The number of hydrogen-bond donors (Lipinski definition) is 1. The first-order valence-electron chi connectivity index (χ1n) is 11.2. The molecule has 29 heavy (non-hydrogen) atoms. The summed E-state index contributed by atoms with van der Waals surface area (Å²) in [6.45, 7) is 4.05. The van der Waals surface area contributed by atoms with Crippen LogP contribution in [0.25, 0.3) is 0 Å². The number of ether oxygens (including phenoxy) is 1. The molecule has 1 aromatic rings. The number of halogens is 1. The molecule has 3 fully saturated rings. The lowest BCUT2D eigenvalue weighted by Gasteiger charge is -2.34. The molecule has 160 valence electrons. The largest absolute Gasteiger partial charge is 0.497 e. The van der Waals surface area contributed by atoms with Crippen molar-refractivity contribution >= 4 is 17.6 Å². The molecule has 1 unspecified atom stereocenters. The Morgan fingerprint density at radius 3 is 2.62 bits per heavy atom. The van der Waals surface area contributed by atoms with Crippen molar-refractivity contribution in [3.63, 3.8) is 0 Å². The first-order chi connectivity index (χ1) is 14.1. The predicted molar refractivity (Wildman–Crippen MR) is 117 cm³/mol. The lowest BCUT2D eigenvalue weighted by molar-refractivity contribution is 0.163. The van der Waals surface area contributed by atoms with Gasteiger partial charge in [0.15, 0.2) is 0 Å². The first kappa shape index (κ1) is 20.8. The van der Waals surface area contributed by atoms with Crippen LogP contribution in [0.15, 0.2) is 18.2 Å². The summed E-state index contributed by atoms with van der Waals surface area (Å²) in [6, 6.07) is 6.82. The lowest BCUT2D eigenvalue weighted by atomic mass is 9.90. The third-order valence-corrected chi connectivity index (χ3v) is 7.34. The molecule has 0 bridgehead atoms. The lowest BCUT2D eigenvalue weighted by Crippen LogP contribution is -2.43. The molecule has 6 heteroatoms. The highest BCUT2D eigenvalue weighted by molar-refractivity contribution is 6.31. The molecule has 0 radical (unpaired) electrons. The summed E-state index contributed by atoms with van der Waals surface area (Å²) in [5.74, 6) is 1.54. The van der Waals surface area contributed by atoms with Gasteiger partial charge in [-0.15, -0.1) is 0 Å². The highest BCUT2D eigenvalue weighted by Gasteiger charge is 2.35. The molecule has 0 aromatic heterocycles. The van der Waals surface area contributed by atoms with E-state index in [1.807, 2.05) is 12.1 Å². The van der Waals surface area contributed by atoms with Crippen LogP contribution in [0.3, 0.4) is 0 Å². The van der Waals surface area contributed by atoms with E-state index in [4.69, 9.17) is 16.3 Å². The van der Waals surface area contributed by atoms with Gasteiger partial charge in [0.05, 0.1) is 13.2 Å². The molecule has 2 amide bonds. The molecule has 2 heterocycles. The Labute approximate surface area is 179 Å². The Bertz CT molecular complexity index is 699. The highest BCUT2D eigenvalue weighted by atomic mass is 35.5. The van der Waals surface area contributed by atoms with Gasteiger partial charge in [0.1, 0.15) is 5.75 Å². The summed E-state index contributed by atoms with van der Waals surface area (Å²) < 4.78 is 5.35. The molecule has 1 saturated carbocycles. The first-order valence-corrected chi connectivity index (χ1v) is 11.6. The van der Waals surface area contributed by atoms with Gasteiger partial charge in [-0.25, -0.2) is 4.79 Å². The molecular formula is C23H34ClN3O2. The number of hydrogen-bond acceptors (Lipinski definition) is 3. The molecule has 2 aliphatic heterocycles. The highest BCUT2D eigenvalue weighted by Crippen LogP contribution is 2.29. The Morgan fingerprint density at radius 1 is 1.14 bits per heavy atom. The normalized spacial score (nSPS) is 24.7. The van der Waals surface area contributed by atoms with Gasteiger partial charge in [-0.3, -0.25) is 0 Å². The second-order valence-corrected chi connectivity index (χ2v) is 9.40. The van der Waals surface area contributed by atoms with Crippen LogP contribution in [-0.4, -0.2) is 61.2 Å². The van der Waals surface area contributed by atoms with Crippen LogP contribution in [0.2, 0.25) is 5.02 Å². The van der Waals surface area contributed by atoms with Gasteiger partial charge < -0.3 is 19.9 Å². The Balaban J connectivity index is 1.24. The molecule has 0 spiro atoms. The van der Waals surface area contributed by atoms with E-state index in [0.29, 0.717) is 12.0 Å². The standard InChI is InChI=1S/C23H34ClN3O2/c1-29-21-7-8-22(24)18(14-21)13-17-9-11-26(12-10-17)15-19-16-27(23(28)25-19)20-5-3-2-4-6-20/h7-8,14,17,19-20H,2-6,9-13,15-16H2,1H3,(H,25,28). The van der Waals surface area contributed by atoms with Gasteiger partial charge in [-0.05, 0) is 74.9 Å². The maximum Gasteiger partial charge on any atom is 0.318 e. The van der Waals surface area contributed by atoms with Crippen molar-refractivity contribution in [3.05, 3.63) is 28.8 Å². The molecule has 3 aliphatic rings. The molecular weight excluding hydrogens is 386 g/mol. The van der Waals surface area contributed by atoms with Crippen molar-refractivity contribution in [2.75, 3.05) is 33.3 Å². The van der Waals surface area contributed by atoms with Crippen molar-refractivity contribution in [1.29, 1.82) is 0 Å². The third kappa shape index (κ3) is 5.18. The zero-order chi connectivity index (χ0) is 20.2. The monoisotopic (exact) mass is 419 g/mol. The fraction of sp³-hybridized carbons (Fsp3) is 0.696. The Kier molecular flexibility index (Phi) is 6.86. The molecule has 1 aromatic carbocycles. The fourth-order valence-electron chi connectivity index (χ4n) is 5.26. The number of nitrogens with one attached hydrogen (secondary N) is 1. The number of rotatable bonds is 6. The summed E-state index contributed by atoms with van der Waals surface area (Å²) >= 11 is 6.39. The number of carbonyl (C=O) groups excluding carboxylic acids is 1. The minimum atomic E-state index is 0.157. The van der Waals surface area contributed by atoms with Crippen LogP contribution in [0.4, 0.5) is 4.79 Å². The van der Waals surface area contributed by atoms with Gasteiger partial charge in [-0.2, -0.15) is 0 Å². The number of benzene rings is 1. The molecule has 1 aliphatic carbocycles. The second-order valence-electron chi connectivity index (χ2n) is 9.00. The molecule has 4 rings (SSSR count). The predicted octanol–water partition coefficient (Wildman–Crippen LogP) is 4.33. The topological polar surface area (TPSA) is 44.8 Å². The summed E-state index contributed by atoms with van der Waals surface area (Å²) in [5, 5.41) is 4.07. The number of nitrogens with zero attached hydrogens (tertiary/aromatic N) is 2. The van der Waals surface area contributed by atoms with Crippen molar-refractivity contribution in [1.82, 2.24) is 15.1 Å². The Morgan fingerprint density at radius 2 is 1.90 bits per heavy atom. The average Bonchev–Trinajstić information content (AvgIpc) is 3.11. The molecule has 1 atom stereocenters. The van der Waals surface area contributed by atoms with Crippen LogP contribution in [0.1, 0.15) is 50.5 Å². The molecule has 1 N–H and O–H groups in total. The van der Waals surface area contributed by atoms with Gasteiger partial charge in [0.25, 0.3) is 0 Å². The fourth-order valence-corrected chi connectivity index (χ4v) is 5.46. The van der Waals surface area contributed by atoms with Crippen molar-refractivity contribution in [2.24, 2.45) is 5.92 Å². The summed E-state index contributed by atoms with van der Waals surface area (Å²) in [5.41, 5.74) is 1.19. The van der Waals surface area contributed by atoms with Gasteiger partial charge in [0.2, 0.25) is 0 Å². The maximum absolute atomic E-state index is 12.4. The average molecular weight is 420 g/mol. The van der Waals surface area contributed by atoms with E-state index in [1.54, 1.807) is 7.11 Å². The van der Waals surface area contributed by atoms with E-state index in [1.165, 1.54) is 50.5 Å². The van der Waals surface area contributed by atoms with Crippen molar-refractivity contribution < 1.29 is 9.53 Å². The maximum atomic E-state index is 12.4. The minimum Gasteiger partial charge on any atom is -0.497 e. The molecule has 2 saturated heterocycles. The van der Waals surface area contributed by atoms with E-state index in [9.17, 15) is 4.79 Å². The van der Waals surface area contributed by atoms with Crippen molar-refractivity contribution in [2.45, 2.75) is 63.5 Å². The number of likely N-dealkylation sites (tertiary alicyclic amines) is 1. The quantitative estimate of drug-likeness (QED) is 0.746. The van der Waals surface area contributed by atoms with E-state index < -0.39 is 0 Å². The van der Waals surface area contributed by atoms with Gasteiger partial charge in [0, 0.05) is 24.2 Å². The van der Waals surface area contributed by atoms with E-state index >= 15 is 0 Å². The van der Waals surface area contributed by atoms with E-state index in [-0.39, 0.29) is 12.1 Å². The van der Waals surface area contributed by atoms with Gasteiger partial charge in [-0.1, -0.05) is 30.9 Å². The summed E-state index contributed by atoms with van der Waals surface area (Å²) in [6.07, 6.45) is 9.59. The molecule has 5 nitrogen and oxygen atoms in total. The van der Waals surface area contributed by atoms with Crippen LogP contribution < -0.4 is 10.1 Å².